The topological polar surface area (TPSA) is 127 Å². The quantitative estimate of drug-likeness (QED) is 0.0926. The maximum atomic E-state index is 12.0. The Balaban J connectivity index is 0.964. The number of carbonyl (C=O) groups is 3. The molecule has 3 aliphatic rings. The zero-order valence-corrected chi connectivity index (χ0v) is 26.8. The van der Waals surface area contributed by atoms with Crippen LogP contribution in [-0.4, -0.2) is 98.2 Å². The number of amides is 4. The number of thioether (sulfide) groups is 1. The lowest BCUT2D eigenvalue weighted by atomic mass is 10.1. The lowest BCUT2D eigenvalue weighted by Crippen LogP contribution is -2.27. The Kier molecular flexibility index (Phi) is 18.4. The Morgan fingerprint density at radius 1 is 0.756 bits per heavy atom. The first-order valence-corrected chi connectivity index (χ1v) is 18.7. The highest BCUT2D eigenvalue weighted by Crippen LogP contribution is 2.40. The van der Waals surface area contributed by atoms with Crippen molar-refractivity contribution in [2.75, 3.05) is 58.5 Å². The summed E-state index contributed by atoms with van der Waals surface area (Å²) in [7, 11) is 3.98. The van der Waals surface area contributed by atoms with Gasteiger partial charge in [0.1, 0.15) is 0 Å². The molecule has 0 radical (unpaired) electrons. The van der Waals surface area contributed by atoms with Crippen LogP contribution >= 0.6 is 33.3 Å². The van der Waals surface area contributed by atoms with Crippen LogP contribution in [0.3, 0.4) is 0 Å². The number of unbranched alkanes of at least 4 members (excludes halogenated alkanes) is 2. The molecular formula is C28H50N4O6S3. The van der Waals surface area contributed by atoms with E-state index in [1.165, 1.54) is 18.6 Å². The Bertz CT molecular complexity index is 746. The van der Waals surface area contributed by atoms with Crippen LogP contribution < -0.4 is 21.3 Å². The van der Waals surface area contributed by atoms with Crippen LogP contribution in [0, 0.1) is 0 Å². The summed E-state index contributed by atoms with van der Waals surface area (Å²) in [4.78, 5) is 35.2. The van der Waals surface area contributed by atoms with Crippen molar-refractivity contribution in [2.24, 2.45) is 0 Å². The molecule has 0 aliphatic carbocycles. The third kappa shape index (κ3) is 16.0. The number of carbonyl (C=O) groups excluding carboxylic acids is 3. The molecule has 0 bridgehead atoms. The summed E-state index contributed by atoms with van der Waals surface area (Å²) in [6.07, 6.45) is 11.5. The lowest BCUT2D eigenvalue weighted by Gasteiger charge is -2.10. The van der Waals surface area contributed by atoms with Crippen LogP contribution in [0.5, 0.6) is 0 Å². The number of nitrogens with one attached hydrogen (secondary N) is 4. The molecule has 4 amide bonds. The molecule has 0 aromatic heterocycles. The molecule has 0 spiro atoms. The monoisotopic (exact) mass is 634 g/mol. The maximum absolute atomic E-state index is 12.0. The fourth-order valence-electron chi connectivity index (χ4n) is 4.96. The van der Waals surface area contributed by atoms with Gasteiger partial charge in [-0.15, -0.1) is 11.8 Å². The molecule has 3 fully saturated rings. The average molecular weight is 635 g/mol. The highest BCUT2D eigenvalue weighted by molar-refractivity contribution is 8.77. The number of hydrogen-bond acceptors (Lipinski definition) is 9. The summed E-state index contributed by atoms with van der Waals surface area (Å²) in [5.41, 5.74) is 0. The van der Waals surface area contributed by atoms with Crippen LogP contribution in [0.25, 0.3) is 0 Å². The molecule has 0 unspecified atom stereocenters. The molecule has 236 valence electrons. The molecule has 10 nitrogen and oxygen atoms in total. The van der Waals surface area contributed by atoms with E-state index in [9.17, 15) is 14.4 Å². The number of rotatable bonds is 24. The minimum absolute atomic E-state index is 0.0536. The van der Waals surface area contributed by atoms with Gasteiger partial charge in [0.15, 0.2) is 0 Å². The molecule has 0 aromatic carbocycles. The van der Waals surface area contributed by atoms with Gasteiger partial charge in [0, 0.05) is 55.4 Å². The third-order valence-corrected chi connectivity index (χ3v) is 11.8. The van der Waals surface area contributed by atoms with Gasteiger partial charge < -0.3 is 35.5 Å². The molecule has 0 saturated carbocycles. The van der Waals surface area contributed by atoms with Gasteiger partial charge in [0.25, 0.3) is 0 Å². The van der Waals surface area contributed by atoms with Crippen LogP contribution in [0.1, 0.15) is 77.0 Å². The van der Waals surface area contributed by atoms with Gasteiger partial charge >= 0.3 is 6.03 Å². The Morgan fingerprint density at radius 3 is 1.90 bits per heavy atom. The van der Waals surface area contributed by atoms with Gasteiger partial charge in [0.05, 0.1) is 37.8 Å². The van der Waals surface area contributed by atoms with Crippen molar-refractivity contribution >= 4 is 51.2 Å². The maximum Gasteiger partial charge on any atom is 0.316 e. The van der Waals surface area contributed by atoms with E-state index in [0.29, 0.717) is 70.8 Å². The summed E-state index contributed by atoms with van der Waals surface area (Å²) in [6, 6.07) is 0.206. The number of ether oxygens (including phenoxy) is 3. The predicted octanol–water partition coefficient (Wildman–Crippen LogP) is 3.84. The smallest absolute Gasteiger partial charge is 0.316 e. The molecule has 3 aliphatic heterocycles. The second-order valence-corrected chi connectivity index (χ2v) is 14.9. The van der Waals surface area contributed by atoms with E-state index in [1.54, 1.807) is 0 Å². The van der Waals surface area contributed by atoms with Crippen LogP contribution in [-0.2, 0) is 23.8 Å². The van der Waals surface area contributed by atoms with E-state index >= 15 is 0 Å². The number of fused-ring (bicyclic) bond motifs is 1. The molecular weight excluding hydrogens is 585 g/mol. The van der Waals surface area contributed by atoms with Gasteiger partial charge in [-0.2, -0.15) is 0 Å². The normalized spacial score (nSPS) is 23.3. The minimum atomic E-state index is -0.0536. The molecule has 13 heteroatoms. The zero-order chi connectivity index (χ0) is 29.0. The SMILES string of the molecule is O=C(CCCC[C@@H]1CCSS1)NCCCOCCOCCOCCCNC(=O)CCCC[C@@H]1C[C@H]2NC(=O)N[C@@H]2S1. The van der Waals surface area contributed by atoms with E-state index in [-0.39, 0.29) is 29.3 Å². The standard InChI is InChI=1S/C28H50N4O6S3/c33-25(9-3-1-7-22-11-20-39-41-22)29-12-5-14-36-16-18-38-19-17-37-15-6-13-30-26(34)10-4-2-8-23-21-24-27(40-23)32-28(35)31-24/h22-24,27H,1-21H2,(H,29,33)(H,30,34)(H2,31,32,35)/t22-,23-,24-,27-/m1/s1. The molecule has 3 saturated heterocycles. The highest BCUT2D eigenvalue weighted by atomic mass is 33.1. The van der Waals surface area contributed by atoms with Gasteiger partial charge in [-0.1, -0.05) is 34.4 Å². The van der Waals surface area contributed by atoms with Crippen LogP contribution in [0.4, 0.5) is 4.79 Å². The second-order valence-electron chi connectivity index (χ2n) is 10.7. The largest absolute Gasteiger partial charge is 0.379 e. The van der Waals surface area contributed by atoms with Gasteiger partial charge in [-0.25, -0.2) is 4.79 Å². The van der Waals surface area contributed by atoms with E-state index in [4.69, 9.17) is 14.2 Å². The van der Waals surface area contributed by atoms with Crippen LogP contribution in [0.15, 0.2) is 0 Å². The van der Waals surface area contributed by atoms with E-state index < -0.39 is 0 Å². The Morgan fingerprint density at radius 2 is 1.34 bits per heavy atom. The summed E-state index contributed by atoms with van der Waals surface area (Å²) < 4.78 is 16.6. The van der Waals surface area contributed by atoms with E-state index in [1.807, 2.05) is 33.3 Å². The molecule has 41 heavy (non-hydrogen) atoms. The van der Waals surface area contributed by atoms with Crippen molar-refractivity contribution in [3.63, 3.8) is 0 Å². The molecule has 3 heterocycles. The number of urea groups is 1. The van der Waals surface area contributed by atoms with Crippen molar-refractivity contribution in [1.29, 1.82) is 0 Å². The predicted molar refractivity (Wildman–Crippen MR) is 168 cm³/mol. The third-order valence-electron chi connectivity index (χ3n) is 7.22. The summed E-state index contributed by atoms with van der Waals surface area (Å²) in [5, 5.41) is 13.4. The first-order valence-electron chi connectivity index (χ1n) is 15.4. The fraction of sp³-hybridized carbons (Fsp3) is 0.893. The van der Waals surface area contributed by atoms with E-state index in [0.717, 1.165) is 56.6 Å². The minimum Gasteiger partial charge on any atom is -0.379 e. The van der Waals surface area contributed by atoms with E-state index in [2.05, 4.69) is 21.3 Å². The van der Waals surface area contributed by atoms with Crippen molar-refractivity contribution in [2.45, 2.75) is 99.0 Å². The average Bonchev–Trinajstić information content (AvgIpc) is 3.68. The Labute approximate surface area is 257 Å². The molecule has 4 atom stereocenters. The van der Waals surface area contributed by atoms with Gasteiger partial charge in [0.2, 0.25) is 11.8 Å². The van der Waals surface area contributed by atoms with Gasteiger partial charge in [-0.3, -0.25) is 9.59 Å². The summed E-state index contributed by atoms with van der Waals surface area (Å²) >= 11 is 1.84. The summed E-state index contributed by atoms with van der Waals surface area (Å²) in [6.45, 7) is 4.60. The van der Waals surface area contributed by atoms with Crippen LogP contribution in [0.2, 0.25) is 0 Å². The van der Waals surface area contributed by atoms with Gasteiger partial charge in [-0.05, 0) is 51.4 Å². The molecule has 0 aromatic rings. The zero-order valence-electron chi connectivity index (χ0n) is 24.3. The number of hydrogen-bond donors (Lipinski definition) is 4. The van der Waals surface area contributed by atoms with Crippen molar-refractivity contribution in [1.82, 2.24) is 21.3 Å². The second kappa shape index (κ2) is 21.8. The lowest BCUT2D eigenvalue weighted by molar-refractivity contribution is -0.122. The Hall–Kier alpha value is -0.860. The van der Waals surface area contributed by atoms with Crippen molar-refractivity contribution in [3.05, 3.63) is 0 Å². The van der Waals surface area contributed by atoms with Crippen molar-refractivity contribution in [3.8, 4) is 0 Å². The molecule has 4 N–H and O–H groups in total. The fourth-order valence-corrected chi connectivity index (χ4v) is 9.57. The summed E-state index contributed by atoms with van der Waals surface area (Å²) in [5.74, 6) is 1.52. The molecule has 3 rings (SSSR count). The first-order chi connectivity index (χ1) is 20.1. The first kappa shape index (κ1) is 34.6. The van der Waals surface area contributed by atoms with Crippen molar-refractivity contribution < 1.29 is 28.6 Å². The highest BCUT2D eigenvalue weighted by Gasteiger charge is 2.40.